The van der Waals surface area contributed by atoms with Crippen molar-refractivity contribution in [2.75, 3.05) is 5.32 Å². The summed E-state index contributed by atoms with van der Waals surface area (Å²) < 4.78 is 14.9. The molecular formula is C13H10FIN2O2. The first-order valence-electron chi connectivity index (χ1n) is 5.49. The van der Waals surface area contributed by atoms with Crippen LogP contribution in [0.15, 0.2) is 42.5 Å². The Labute approximate surface area is 122 Å². The summed E-state index contributed by atoms with van der Waals surface area (Å²) in [6, 6.07) is 11.8. The van der Waals surface area contributed by atoms with Crippen LogP contribution in [0.2, 0.25) is 0 Å². The lowest BCUT2D eigenvalue weighted by Gasteiger charge is -2.07. The molecule has 0 aliphatic carbocycles. The molecule has 0 heterocycles. The summed E-state index contributed by atoms with van der Waals surface area (Å²) >= 11 is 2.18. The van der Waals surface area contributed by atoms with Crippen molar-refractivity contribution in [3.63, 3.8) is 0 Å². The third kappa shape index (κ3) is 3.40. The fourth-order valence-electron chi connectivity index (χ4n) is 1.64. The minimum absolute atomic E-state index is 0.202. The average Bonchev–Trinajstić information content (AvgIpc) is 2.37. The van der Waals surface area contributed by atoms with Crippen molar-refractivity contribution in [1.82, 2.24) is 0 Å². The molecule has 2 aromatic carbocycles. The number of rotatable bonds is 4. The number of hydrogen-bond donors (Lipinski definition) is 1. The summed E-state index contributed by atoms with van der Waals surface area (Å²) in [6.45, 7) is 0.202. The number of nitro benzene ring substituents is 1. The molecule has 0 spiro atoms. The third-order valence-electron chi connectivity index (χ3n) is 2.56. The molecule has 0 unspecified atom stereocenters. The Morgan fingerprint density at radius 2 is 2.00 bits per heavy atom. The fourth-order valence-corrected chi connectivity index (χ4v) is 2.18. The summed E-state index contributed by atoms with van der Waals surface area (Å²) in [5.41, 5.74) is 0.618. The largest absolute Gasteiger partial charge is 0.381 e. The lowest BCUT2D eigenvalue weighted by Crippen LogP contribution is -2.04. The van der Waals surface area contributed by atoms with Crippen molar-refractivity contribution < 1.29 is 9.31 Å². The van der Waals surface area contributed by atoms with Gasteiger partial charge in [-0.25, -0.2) is 0 Å². The van der Waals surface area contributed by atoms with E-state index in [9.17, 15) is 14.5 Å². The zero-order valence-electron chi connectivity index (χ0n) is 9.77. The van der Waals surface area contributed by atoms with E-state index in [4.69, 9.17) is 0 Å². The maximum atomic E-state index is 13.8. The normalized spacial score (nSPS) is 10.2. The molecule has 0 fully saturated rings. The van der Waals surface area contributed by atoms with E-state index in [2.05, 4.69) is 27.9 Å². The summed E-state index contributed by atoms with van der Waals surface area (Å²) in [7, 11) is 0. The molecule has 98 valence electrons. The average molecular weight is 372 g/mol. The first-order chi connectivity index (χ1) is 9.08. The standard InChI is InChI=1S/C13H10FIN2O2/c14-13-9(3-1-6-12(13)17(18)19)8-16-11-5-2-4-10(15)7-11/h1-7,16H,8H2. The van der Waals surface area contributed by atoms with E-state index < -0.39 is 16.4 Å². The van der Waals surface area contributed by atoms with Crippen LogP contribution in [0.25, 0.3) is 0 Å². The van der Waals surface area contributed by atoms with Gasteiger partial charge in [-0.3, -0.25) is 10.1 Å². The van der Waals surface area contributed by atoms with Crippen molar-refractivity contribution in [3.8, 4) is 0 Å². The Balaban J connectivity index is 2.16. The van der Waals surface area contributed by atoms with Gasteiger partial charge in [0.15, 0.2) is 0 Å². The first kappa shape index (κ1) is 13.7. The van der Waals surface area contributed by atoms with Crippen molar-refractivity contribution in [3.05, 3.63) is 67.5 Å². The van der Waals surface area contributed by atoms with E-state index >= 15 is 0 Å². The van der Waals surface area contributed by atoms with Gasteiger partial charge in [-0.1, -0.05) is 18.2 Å². The predicted molar refractivity (Wildman–Crippen MR) is 79.5 cm³/mol. The zero-order chi connectivity index (χ0) is 13.8. The highest BCUT2D eigenvalue weighted by molar-refractivity contribution is 14.1. The molecular weight excluding hydrogens is 362 g/mol. The van der Waals surface area contributed by atoms with Gasteiger partial charge in [0.1, 0.15) is 0 Å². The SMILES string of the molecule is O=[N+]([O-])c1cccc(CNc2cccc(I)c2)c1F. The zero-order valence-corrected chi connectivity index (χ0v) is 11.9. The third-order valence-corrected chi connectivity index (χ3v) is 3.23. The maximum absolute atomic E-state index is 13.8. The van der Waals surface area contributed by atoms with E-state index in [1.165, 1.54) is 12.1 Å². The van der Waals surface area contributed by atoms with Crippen molar-refractivity contribution in [2.45, 2.75) is 6.54 Å². The molecule has 0 saturated carbocycles. The highest BCUT2D eigenvalue weighted by Crippen LogP contribution is 2.21. The van der Waals surface area contributed by atoms with Crippen molar-refractivity contribution in [2.24, 2.45) is 0 Å². The van der Waals surface area contributed by atoms with E-state index in [1.807, 2.05) is 24.3 Å². The van der Waals surface area contributed by atoms with Crippen molar-refractivity contribution >= 4 is 34.0 Å². The van der Waals surface area contributed by atoms with Crippen LogP contribution in [0.1, 0.15) is 5.56 Å². The Morgan fingerprint density at radius 1 is 1.26 bits per heavy atom. The van der Waals surface area contributed by atoms with E-state index in [-0.39, 0.29) is 12.1 Å². The lowest BCUT2D eigenvalue weighted by molar-refractivity contribution is -0.387. The van der Waals surface area contributed by atoms with Gasteiger partial charge in [-0.2, -0.15) is 4.39 Å². The molecule has 0 bridgehead atoms. The summed E-state index contributed by atoms with van der Waals surface area (Å²) in [6.07, 6.45) is 0. The number of hydrogen-bond acceptors (Lipinski definition) is 3. The van der Waals surface area contributed by atoms with Gasteiger partial charge in [-0.05, 0) is 40.8 Å². The van der Waals surface area contributed by atoms with Gasteiger partial charge in [0.05, 0.1) is 4.92 Å². The fraction of sp³-hybridized carbons (Fsp3) is 0.0769. The summed E-state index contributed by atoms with van der Waals surface area (Å²) in [4.78, 5) is 9.92. The highest BCUT2D eigenvalue weighted by Gasteiger charge is 2.16. The second-order valence-corrected chi connectivity index (χ2v) is 5.12. The Hall–Kier alpha value is -1.70. The second-order valence-electron chi connectivity index (χ2n) is 3.87. The quantitative estimate of drug-likeness (QED) is 0.502. The van der Waals surface area contributed by atoms with Crippen LogP contribution in [0.4, 0.5) is 15.8 Å². The molecule has 19 heavy (non-hydrogen) atoms. The van der Waals surface area contributed by atoms with E-state index in [1.54, 1.807) is 0 Å². The smallest absolute Gasteiger partial charge is 0.305 e. The molecule has 0 aliphatic heterocycles. The number of nitro groups is 1. The maximum Gasteiger partial charge on any atom is 0.305 e. The van der Waals surface area contributed by atoms with Crippen LogP contribution < -0.4 is 5.32 Å². The van der Waals surface area contributed by atoms with Crippen LogP contribution in [0.5, 0.6) is 0 Å². The van der Waals surface area contributed by atoms with Crippen LogP contribution in [0, 0.1) is 19.5 Å². The van der Waals surface area contributed by atoms with E-state index in [0.717, 1.165) is 15.3 Å². The second kappa shape index (κ2) is 5.96. The van der Waals surface area contributed by atoms with Crippen LogP contribution in [-0.4, -0.2) is 4.92 Å². The molecule has 2 rings (SSSR count). The van der Waals surface area contributed by atoms with Gasteiger partial charge in [0.25, 0.3) is 0 Å². The number of halogens is 2. The van der Waals surface area contributed by atoms with Crippen LogP contribution >= 0.6 is 22.6 Å². The lowest BCUT2D eigenvalue weighted by atomic mass is 10.2. The summed E-state index contributed by atoms with van der Waals surface area (Å²) in [5.74, 6) is -0.786. The van der Waals surface area contributed by atoms with Crippen molar-refractivity contribution in [1.29, 1.82) is 0 Å². The number of anilines is 1. The first-order valence-corrected chi connectivity index (χ1v) is 6.57. The van der Waals surface area contributed by atoms with Gasteiger partial charge in [-0.15, -0.1) is 0 Å². The molecule has 0 atom stereocenters. The molecule has 4 nitrogen and oxygen atoms in total. The molecule has 1 N–H and O–H groups in total. The molecule has 0 saturated heterocycles. The molecule has 0 aliphatic rings. The number of nitrogens with zero attached hydrogens (tertiary/aromatic N) is 1. The Morgan fingerprint density at radius 3 is 2.68 bits per heavy atom. The van der Waals surface area contributed by atoms with Gasteiger partial charge in [0.2, 0.25) is 5.82 Å². The number of nitrogens with one attached hydrogen (secondary N) is 1. The molecule has 0 amide bonds. The minimum Gasteiger partial charge on any atom is -0.381 e. The predicted octanol–water partition coefficient (Wildman–Crippen LogP) is 3.95. The van der Waals surface area contributed by atoms with Crippen LogP contribution in [0.3, 0.4) is 0 Å². The molecule has 6 heteroatoms. The van der Waals surface area contributed by atoms with Gasteiger partial charge in [0, 0.05) is 27.4 Å². The molecule has 0 aromatic heterocycles. The number of benzene rings is 2. The topological polar surface area (TPSA) is 55.2 Å². The van der Waals surface area contributed by atoms with Gasteiger partial charge >= 0.3 is 5.69 Å². The molecule has 0 radical (unpaired) electrons. The highest BCUT2D eigenvalue weighted by atomic mass is 127. The monoisotopic (exact) mass is 372 g/mol. The molecule has 2 aromatic rings. The Kier molecular flexibility index (Phi) is 4.31. The van der Waals surface area contributed by atoms with E-state index in [0.29, 0.717) is 0 Å². The minimum atomic E-state index is -0.786. The van der Waals surface area contributed by atoms with Crippen LogP contribution in [-0.2, 0) is 6.54 Å². The Bertz CT molecular complexity index is 619. The summed E-state index contributed by atoms with van der Waals surface area (Å²) in [5, 5.41) is 13.7. The van der Waals surface area contributed by atoms with Gasteiger partial charge < -0.3 is 5.32 Å².